The summed E-state index contributed by atoms with van der Waals surface area (Å²) in [6.07, 6.45) is 1.86. The van der Waals surface area contributed by atoms with Crippen molar-refractivity contribution in [1.29, 1.82) is 0 Å². The van der Waals surface area contributed by atoms with Gasteiger partial charge in [-0.3, -0.25) is 14.4 Å². The maximum atomic E-state index is 12.7. The number of halogens is 1. The van der Waals surface area contributed by atoms with Crippen molar-refractivity contribution >= 4 is 17.4 Å². The molecule has 2 aromatic heterocycles. The van der Waals surface area contributed by atoms with Crippen molar-refractivity contribution in [2.45, 2.75) is 13.5 Å². The van der Waals surface area contributed by atoms with Gasteiger partial charge in [0.25, 0.3) is 5.56 Å². The van der Waals surface area contributed by atoms with Crippen molar-refractivity contribution in [3.8, 4) is 5.69 Å². The summed E-state index contributed by atoms with van der Waals surface area (Å²) in [5.41, 5.74) is 2.71. The molecule has 1 aliphatic heterocycles. The molecule has 0 bridgehead atoms. The normalized spacial score (nSPS) is 15.2. The monoisotopic (exact) mass is 397 g/mol. The Labute approximate surface area is 169 Å². The summed E-state index contributed by atoms with van der Waals surface area (Å²) in [6.45, 7) is 6.34. The van der Waals surface area contributed by atoms with E-state index in [1.165, 1.54) is 5.56 Å². The third-order valence-electron chi connectivity index (χ3n) is 5.30. The maximum Gasteiger partial charge on any atom is 0.290 e. The van der Waals surface area contributed by atoms with E-state index in [2.05, 4.69) is 27.8 Å². The van der Waals surface area contributed by atoms with Gasteiger partial charge < -0.3 is 4.90 Å². The molecule has 0 amide bonds. The quantitative estimate of drug-likeness (QED) is 0.679. The smallest absolute Gasteiger partial charge is 0.290 e. The second-order valence-electron chi connectivity index (χ2n) is 7.19. The van der Waals surface area contributed by atoms with Crippen LogP contribution in [-0.2, 0) is 13.6 Å². The molecule has 0 aliphatic carbocycles. The second kappa shape index (κ2) is 7.81. The lowest BCUT2D eigenvalue weighted by atomic mass is 10.2. The minimum absolute atomic E-state index is 0.173. The molecule has 3 heterocycles. The van der Waals surface area contributed by atoms with E-state index in [1.807, 2.05) is 54.3 Å². The van der Waals surface area contributed by atoms with Gasteiger partial charge in [0.05, 0.1) is 11.4 Å². The Morgan fingerprint density at radius 1 is 1.07 bits per heavy atom. The molecule has 0 N–H and O–H groups in total. The van der Waals surface area contributed by atoms with E-state index in [9.17, 15) is 4.79 Å². The molecule has 3 aromatic rings. The van der Waals surface area contributed by atoms with Gasteiger partial charge in [-0.25, -0.2) is 9.67 Å². The van der Waals surface area contributed by atoms with E-state index in [4.69, 9.17) is 11.6 Å². The van der Waals surface area contributed by atoms with Crippen LogP contribution in [0.25, 0.3) is 5.69 Å². The molecule has 146 valence electrons. The number of hydrogen-bond donors (Lipinski definition) is 0. The molecule has 7 heteroatoms. The van der Waals surface area contributed by atoms with E-state index in [1.54, 1.807) is 4.68 Å². The van der Waals surface area contributed by atoms with E-state index in [0.717, 1.165) is 43.4 Å². The summed E-state index contributed by atoms with van der Waals surface area (Å²) in [7, 11) is 1.89. The van der Waals surface area contributed by atoms with Gasteiger partial charge >= 0.3 is 0 Å². The van der Waals surface area contributed by atoms with E-state index in [-0.39, 0.29) is 5.56 Å². The Hall–Kier alpha value is -2.57. The van der Waals surface area contributed by atoms with Crippen molar-refractivity contribution in [2.24, 2.45) is 7.05 Å². The Balaban J connectivity index is 1.50. The summed E-state index contributed by atoms with van der Waals surface area (Å²) in [5, 5.41) is 0.300. The van der Waals surface area contributed by atoms with Crippen LogP contribution in [-0.4, -0.2) is 45.4 Å². The van der Waals surface area contributed by atoms with Crippen molar-refractivity contribution in [3.63, 3.8) is 0 Å². The lowest BCUT2D eigenvalue weighted by molar-refractivity contribution is 0.242. The number of hydrogen-bond acceptors (Lipinski definition) is 4. The molecule has 0 saturated carbocycles. The van der Waals surface area contributed by atoms with Crippen molar-refractivity contribution in [2.75, 3.05) is 31.1 Å². The van der Waals surface area contributed by atoms with Crippen LogP contribution in [0, 0.1) is 6.92 Å². The van der Waals surface area contributed by atoms with Crippen molar-refractivity contribution in [1.82, 2.24) is 19.2 Å². The molecule has 0 spiro atoms. The minimum Gasteiger partial charge on any atom is -0.354 e. The third-order valence-corrected chi connectivity index (χ3v) is 5.68. The SMILES string of the molecule is Cc1ccnc(N2CCN(Cc3c(Cl)c(=O)n(-c4ccccc4)n3C)CC2)c1. The Kier molecular flexibility index (Phi) is 5.24. The summed E-state index contributed by atoms with van der Waals surface area (Å²) >= 11 is 6.43. The molecule has 28 heavy (non-hydrogen) atoms. The van der Waals surface area contributed by atoms with E-state index >= 15 is 0 Å². The highest BCUT2D eigenvalue weighted by atomic mass is 35.5. The number of benzene rings is 1. The highest BCUT2D eigenvalue weighted by Gasteiger charge is 2.23. The first-order valence-electron chi connectivity index (χ1n) is 9.46. The average molecular weight is 398 g/mol. The number of piperazine rings is 1. The van der Waals surface area contributed by atoms with Crippen molar-refractivity contribution in [3.05, 3.63) is 75.3 Å². The summed E-state index contributed by atoms with van der Waals surface area (Å²) in [5.74, 6) is 1.03. The van der Waals surface area contributed by atoms with Gasteiger partial charge in [-0.05, 0) is 36.8 Å². The molecule has 0 unspecified atom stereocenters. The van der Waals surface area contributed by atoms with E-state index < -0.39 is 0 Å². The zero-order valence-electron chi connectivity index (χ0n) is 16.2. The first kappa shape index (κ1) is 18.8. The predicted octanol–water partition coefficient (Wildman–Crippen LogP) is 2.86. The largest absolute Gasteiger partial charge is 0.354 e. The van der Waals surface area contributed by atoms with Crippen LogP contribution in [0.5, 0.6) is 0 Å². The topological polar surface area (TPSA) is 46.3 Å². The van der Waals surface area contributed by atoms with Crippen LogP contribution in [0.15, 0.2) is 53.5 Å². The summed E-state index contributed by atoms with van der Waals surface area (Å²) in [6, 6.07) is 13.7. The van der Waals surface area contributed by atoms with Crippen LogP contribution in [0.4, 0.5) is 5.82 Å². The molecule has 1 saturated heterocycles. The fourth-order valence-electron chi connectivity index (χ4n) is 3.69. The van der Waals surface area contributed by atoms with Crippen LogP contribution in [0.2, 0.25) is 5.02 Å². The first-order valence-corrected chi connectivity index (χ1v) is 9.84. The number of aryl methyl sites for hydroxylation is 1. The number of nitrogens with zero attached hydrogens (tertiary/aromatic N) is 5. The Morgan fingerprint density at radius 3 is 2.46 bits per heavy atom. The molecule has 1 aromatic carbocycles. The number of para-hydroxylation sites is 1. The molecular formula is C21H24ClN5O. The molecule has 0 radical (unpaired) electrons. The molecular weight excluding hydrogens is 374 g/mol. The predicted molar refractivity (Wildman–Crippen MR) is 112 cm³/mol. The first-order chi connectivity index (χ1) is 13.5. The van der Waals surface area contributed by atoms with Crippen LogP contribution < -0.4 is 10.5 Å². The molecule has 1 fully saturated rings. The van der Waals surface area contributed by atoms with Crippen LogP contribution in [0.1, 0.15) is 11.3 Å². The highest BCUT2D eigenvalue weighted by molar-refractivity contribution is 6.31. The summed E-state index contributed by atoms with van der Waals surface area (Å²) < 4.78 is 3.50. The molecule has 4 rings (SSSR count). The molecule has 1 aliphatic rings. The van der Waals surface area contributed by atoms with Gasteiger partial charge in [0.2, 0.25) is 0 Å². The number of aromatic nitrogens is 3. The van der Waals surface area contributed by atoms with Gasteiger partial charge in [0.15, 0.2) is 0 Å². The minimum atomic E-state index is -0.173. The summed E-state index contributed by atoms with van der Waals surface area (Å²) in [4.78, 5) is 21.8. The van der Waals surface area contributed by atoms with Crippen LogP contribution in [0.3, 0.4) is 0 Å². The lowest BCUT2D eigenvalue weighted by Crippen LogP contribution is -2.46. The zero-order chi connectivity index (χ0) is 19.7. The van der Waals surface area contributed by atoms with Gasteiger partial charge in [-0.15, -0.1) is 0 Å². The Bertz CT molecular complexity index is 1020. The second-order valence-corrected chi connectivity index (χ2v) is 7.57. The highest BCUT2D eigenvalue weighted by Crippen LogP contribution is 2.20. The number of pyridine rings is 1. The van der Waals surface area contributed by atoms with Gasteiger partial charge in [0.1, 0.15) is 10.8 Å². The van der Waals surface area contributed by atoms with Gasteiger partial charge in [-0.2, -0.15) is 0 Å². The molecule has 6 nitrogen and oxygen atoms in total. The number of rotatable bonds is 4. The average Bonchev–Trinajstić information content (AvgIpc) is 2.92. The van der Waals surface area contributed by atoms with Crippen molar-refractivity contribution < 1.29 is 0 Å². The van der Waals surface area contributed by atoms with E-state index in [0.29, 0.717) is 11.6 Å². The van der Waals surface area contributed by atoms with Gasteiger partial charge in [0, 0.05) is 46.0 Å². The molecule has 0 atom stereocenters. The fraction of sp³-hybridized carbons (Fsp3) is 0.333. The maximum absolute atomic E-state index is 12.7. The number of anilines is 1. The third kappa shape index (κ3) is 3.57. The fourth-order valence-corrected chi connectivity index (χ4v) is 3.95. The lowest BCUT2D eigenvalue weighted by Gasteiger charge is -2.35. The van der Waals surface area contributed by atoms with Crippen LogP contribution >= 0.6 is 11.6 Å². The Morgan fingerprint density at radius 2 is 1.79 bits per heavy atom. The zero-order valence-corrected chi connectivity index (χ0v) is 16.9. The van der Waals surface area contributed by atoms with Gasteiger partial charge in [-0.1, -0.05) is 29.8 Å². The standard InChI is InChI=1S/C21H24ClN5O/c1-16-8-9-23-19(14-16)26-12-10-25(11-13-26)15-18-20(22)21(28)27(24(18)2)17-6-4-3-5-7-17/h3-9,14H,10-13,15H2,1-2H3.